The molecule has 1 N–H and O–H groups in total. The minimum Gasteiger partial charge on any atom is -0.485 e. The fourth-order valence-corrected chi connectivity index (χ4v) is 3.33. The molecule has 7 nitrogen and oxygen atoms in total. The standard InChI is InChI=1S/C22H22N6OS/c1-16-7-6-8-17(2)21(16)29-15-20-25-26-22(30)28(20)24-12-19-11-23-27(14-19)13-18-9-4-3-5-10-18/h3-12,14H,13,15H2,1-2H3,(H,26,30)/b24-12-. The zero-order valence-corrected chi connectivity index (χ0v) is 17.6. The van der Waals surface area contributed by atoms with Crippen LogP contribution in [-0.4, -0.2) is 30.9 Å². The Labute approximate surface area is 179 Å². The fourth-order valence-electron chi connectivity index (χ4n) is 3.13. The first-order valence-corrected chi connectivity index (χ1v) is 9.97. The Hall–Kier alpha value is -3.52. The van der Waals surface area contributed by atoms with Gasteiger partial charge in [0, 0.05) is 11.8 Å². The summed E-state index contributed by atoms with van der Waals surface area (Å²) in [6.07, 6.45) is 5.42. The number of nitrogens with zero attached hydrogens (tertiary/aromatic N) is 5. The summed E-state index contributed by atoms with van der Waals surface area (Å²) in [7, 11) is 0. The van der Waals surface area contributed by atoms with Crippen LogP contribution in [-0.2, 0) is 13.2 Å². The first kappa shape index (κ1) is 19.8. The van der Waals surface area contributed by atoms with Crippen LogP contribution in [0.25, 0.3) is 0 Å². The molecule has 0 saturated heterocycles. The SMILES string of the molecule is Cc1cccc(C)c1OCc1n[nH]c(=S)n1/N=C\c1cnn(Cc2ccccc2)c1. The van der Waals surface area contributed by atoms with Gasteiger partial charge in [-0.15, -0.1) is 0 Å². The molecule has 0 fully saturated rings. The maximum Gasteiger partial charge on any atom is 0.216 e. The number of aromatic amines is 1. The van der Waals surface area contributed by atoms with Crippen molar-refractivity contribution in [2.24, 2.45) is 5.10 Å². The maximum absolute atomic E-state index is 5.99. The first-order valence-electron chi connectivity index (χ1n) is 9.56. The predicted octanol–water partition coefficient (Wildman–Crippen LogP) is 4.26. The molecule has 2 aromatic heterocycles. The van der Waals surface area contributed by atoms with Crippen LogP contribution in [0, 0.1) is 18.6 Å². The zero-order chi connectivity index (χ0) is 20.9. The van der Waals surface area contributed by atoms with E-state index in [9.17, 15) is 0 Å². The van der Waals surface area contributed by atoms with Crippen molar-refractivity contribution in [2.45, 2.75) is 27.0 Å². The van der Waals surface area contributed by atoms with Crippen molar-refractivity contribution in [1.29, 1.82) is 0 Å². The molecular formula is C22H22N6OS. The number of H-pyrrole nitrogens is 1. The Balaban J connectivity index is 1.47. The van der Waals surface area contributed by atoms with E-state index in [-0.39, 0.29) is 6.61 Å². The van der Waals surface area contributed by atoms with E-state index in [4.69, 9.17) is 17.0 Å². The lowest BCUT2D eigenvalue weighted by Crippen LogP contribution is -2.05. The van der Waals surface area contributed by atoms with E-state index in [1.165, 1.54) is 5.56 Å². The summed E-state index contributed by atoms with van der Waals surface area (Å²) in [6, 6.07) is 16.2. The van der Waals surface area contributed by atoms with Crippen molar-refractivity contribution in [2.75, 3.05) is 0 Å². The molecule has 2 heterocycles. The van der Waals surface area contributed by atoms with Gasteiger partial charge in [-0.2, -0.15) is 20.0 Å². The fraction of sp³-hybridized carbons (Fsp3) is 0.182. The zero-order valence-electron chi connectivity index (χ0n) is 16.8. The summed E-state index contributed by atoms with van der Waals surface area (Å²) >= 11 is 5.32. The molecule has 0 spiro atoms. The second-order valence-electron chi connectivity index (χ2n) is 6.97. The Morgan fingerprint density at radius 1 is 1.10 bits per heavy atom. The normalized spacial score (nSPS) is 11.3. The molecule has 2 aromatic carbocycles. The number of hydrogen-bond donors (Lipinski definition) is 1. The molecule has 0 atom stereocenters. The van der Waals surface area contributed by atoms with Gasteiger partial charge in [-0.3, -0.25) is 4.68 Å². The summed E-state index contributed by atoms with van der Waals surface area (Å²) in [4.78, 5) is 0. The third-order valence-corrected chi connectivity index (χ3v) is 4.90. The number of para-hydroxylation sites is 1. The Kier molecular flexibility index (Phi) is 5.85. The van der Waals surface area contributed by atoms with E-state index in [0.29, 0.717) is 17.1 Å². The lowest BCUT2D eigenvalue weighted by molar-refractivity contribution is 0.287. The van der Waals surface area contributed by atoms with Gasteiger partial charge < -0.3 is 4.74 Å². The molecular weight excluding hydrogens is 396 g/mol. The van der Waals surface area contributed by atoms with Crippen LogP contribution in [0.1, 0.15) is 28.1 Å². The Morgan fingerprint density at radius 2 is 1.87 bits per heavy atom. The van der Waals surface area contributed by atoms with Crippen molar-refractivity contribution in [1.82, 2.24) is 24.7 Å². The molecule has 0 bridgehead atoms. The minimum atomic E-state index is 0.253. The average molecular weight is 419 g/mol. The Morgan fingerprint density at radius 3 is 2.63 bits per heavy atom. The van der Waals surface area contributed by atoms with Crippen LogP contribution in [0.15, 0.2) is 66.0 Å². The highest BCUT2D eigenvalue weighted by Crippen LogP contribution is 2.23. The molecule has 0 aliphatic heterocycles. The van der Waals surface area contributed by atoms with Crippen LogP contribution in [0.2, 0.25) is 0 Å². The molecule has 4 rings (SSSR count). The molecule has 30 heavy (non-hydrogen) atoms. The monoisotopic (exact) mass is 418 g/mol. The number of hydrogen-bond acceptors (Lipinski definition) is 5. The molecule has 0 aliphatic rings. The highest BCUT2D eigenvalue weighted by molar-refractivity contribution is 7.71. The summed E-state index contributed by atoms with van der Waals surface area (Å²) in [5.74, 6) is 1.44. The minimum absolute atomic E-state index is 0.253. The number of aryl methyl sites for hydroxylation is 2. The average Bonchev–Trinajstić information content (AvgIpc) is 3.33. The van der Waals surface area contributed by atoms with Gasteiger partial charge in [-0.05, 0) is 42.8 Å². The summed E-state index contributed by atoms with van der Waals surface area (Å²) < 4.78 is 9.83. The van der Waals surface area contributed by atoms with Crippen LogP contribution < -0.4 is 4.74 Å². The van der Waals surface area contributed by atoms with Crippen LogP contribution in [0.5, 0.6) is 5.75 Å². The van der Waals surface area contributed by atoms with E-state index in [1.54, 1.807) is 17.1 Å². The molecule has 0 radical (unpaired) electrons. The maximum atomic E-state index is 5.99. The van der Waals surface area contributed by atoms with Gasteiger partial charge in [0.25, 0.3) is 0 Å². The van der Waals surface area contributed by atoms with E-state index >= 15 is 0 Å². The molecule has 152 valence electrons. The van der Waals surface area contributed by atoms with Gasteiger partial charge in [-0.25, -0.2) is 5.10 Å². The van der Waals surface area contributed by atoms with Crippen LogP contribution in [0.4, 0.5) is 0 Å². The van der Waals surface area contributed by atoms with Gasteiger partial charge >= 0.3 is 0 Å². The molecule has 4 aromatic rings. The second kappa shape index (κ2) is 8.87. The van der Waals surface area contributed by atoms with E-state index in [2.05, 4.69) is 32.5 Å². The summed E-state index contributed by atoms with van der Waals surface area (Å²) in [5.41, 5.74) is 4.21. The molecule has 0 saturated carbocycles. The van der Waals surface area contributed by atoms with E-state index in [0.717, 1.165) is 22.4 Å². The number of rotatable bonds is 7. The molecule has 0 amide bonds. The predicted molar refractivity (Wildman–Crippen MR) is 118 cm³/mol. The van der Waals surface area contributed by atoms with Crippen LogP contribution >= 0.6 is 12.2 Å². The van der Waals surface area contributed by atoms with Crippen molar-refractivity contribution in [3.8, 4) is 5.75 Å². The van der Waals surface area contributed by atoms with Crippen molar-refractivity contribution in [3.63, 3.8) is 0 Å². The van der Waals surface area contributed by atoms with Gasteiger partial charge in [-0.1, -0.05) is 48.5 Å². The largest absolute Gasteiger partial charge is 0.485 e. The third kappa shape index (κ3) is 4.55. The van der Waals surface area contributed by atoms with E-state index in [1.807, 2.05) is 61.1 Å². The Bertz CT molecular complexity index is 1200. The first-order chi connectivity index (χ1) is 14.6. The molecule has 8 heteroatoms. The van der Waals surface area contributed by atoms with Gasteiger partial charge in [0.2, 0.25) is 4.77 Å². The summed E-state index contributed by atoms with van der Waals surface area (Å²) in [5, 5.41) is 15.9. The number of nitrogens with one attached hydrogen (secondary N) is 1. The van der Waals surface area contributed by atoms with Crippen LogP contribution in [0.3, 0.4) is 0 Å². The summed E-state index contributed by atoms with van der Waals surface area (Å²) in [6.45, 7) is 4.99. The molecule has 0 aliphatic carbocycles. The lowest BCUT2D eigenvalue weighted by atomic mass is 10.1. The quantitative estimate of drug-likeness (QED) is 0.359. The van der Waals surface area contributed by atoms with Crippen molar-refractivity contribution < 1.29 is 4.74 Å². The van der Waals surface area contributed by atoms with Gasteiger partial charge in [0.1, 0.15) is 12.4 Å². The van der Waals surface area contributed by atoms with Gasteiger partial charge in [0.05, 0.1) is 19.0 Å². The highest BCUT2D eigenvalue weighted by Gasteiger charge is 2.09. The van der Waals surface area contributed by atoms with E-state index < -0.39 is 0 Å². The lowest BCUT2D eigenvalue weighted by Gasteiger charge is -2.11. The second-order valence-corrected chi connectivity index (χ2v) is 7.35. The van der Waals surface area contributed by atoms with Crippen molar-refractivity contribution in [3.05, 3.63) is 93.8 Å². The third-order valence-electron chi connectivity index (χ3n) is 4.63. The smallest absolute Gasteiger partial charge is 0.216 e. The number of aromatic nitrogens is 5. The van der Waals surface area contributed by atoms with Gasteiger partial charge in [0.15, 0.2) is 5.82 Å². The highest BCUT2D eigenvalue weighted by atomic mass is 32.1. The topological polar surface area (TPSA) is 73.0 Å². The number of ether oxygens (including phenoxy) is 1. The number of benzene rings is 2. The molecule has 0 unspecified atom stereocenters. The van der Waals surface area contributed by atoms with Crippen molar-refractivity contribution >= 4 is 18.4 Å².